The van der Waals surface area contributed by atoms with Crippen LogP contribution in [0.15, 0.2) is 18.2 Å². The smallest absolute Gasteiger partial charge is 0.143 e. The molecule has 1 aromatic rings. The van der Waals surface area contributed by atoms with Crippen LogP contribution in [0.25, 0.3) is 0 Å². The van der Waals surface area contributed by atoms with Crippen LogP contribution in [-0.4, -0.2) is 18.9 Å². The van der Waals surface area contributed by atoms with E-state index in [1.54, 1.807) is 6.07 Å². The molecule has 0 radical (unpaired) electrons. The maximum absolute atomic E-state index is 13.2. The van der Waals surface area contributed by atoms with Gasteiger partial charge in [0.15, 0.2) is 0 Å². The number of hydrogen-bond donors (Lipinski definition) is 1. The molecule has 15 heavy (non-hydrogen) atoms. The number of Topliss-reactive ketones (excluding diaryl/α,β-unsaturated/α-hetero) is 1. The Morgan fingerprint density at radius 2 is 2.27 bits per heavy atom. The molecule has 0 saturated heterocycles. The van der Waals surface area contributed by atoms with Crippen LogP contribution in [0.5, 0.6) is 0 Å². The quantitative estimate of drug-likeness (QED) is 0.785. The largest absolute Gasteiger partial charge is 0.310 e. The summed E-state index contributed by atoms with van der Waals surface area (Å²) < 4.78 is 13.2. The van der Waals surface area contributed by atoms with Gasteiger partial charge in [0, 0.05) is 5.02 Å². The third kappa shape index (κ3) is 4.40. The lowest BCUT2D eigenvalue weighted by Gasteiger charge is -2.04. The Labute approximate surface area is 93.4 Å². The third-order valence-electron chi connectivity index (χ3n) is 1.95. The molecule has 0 aliphatic carbocycles. The molecule has 1 aromatic carbocycles. The summed E-state index contributed by atoms with van der Waals surface area (Å²) in [4.78, 5) is 10.6. The monoisotopic (exact) mass is 229 g/mol. The van der Waals surface area contributed by atoms with E-state index < -0.39 is 0 Å². The zero-order valence-corrected chi connectivity index (χ0v) is 9.27. The Hall–Kier alpha value is -0.930. The molecule has 0 aliphatic heterocycles. The highest BCUT2D eigenvalue weighted by molar-refractivity contribution is 6.30. The van der Waals surface area contributed by atoms with Crippen molar-refractivity contribution in [2.24, 2.45) is 0 Å². The second-order valence-electron chi connectivity index (χ2n) is 3.36. The molecule has 0 bridgehead atoms. The number of ketones is 1. The van der Waals surface area contributed by atoms with Gasteiger partial charge in [-0.05, 0) is 43.7 Å². The number of benzene rings is 1. The van der Waals surface area contributed by atoms with Crippen molar-refractivity contribution in [1.82, 2.24) is 5.32 Å². The van der Waals surface area contributed by atoms with Gasteiger partial charge in [-0.3, -0.25) is 4.79 Å². The molecule has 4 heteroatoms. The highest BCUT2D eigenvalue weighted by Gasteiger charge is 2.02. The topological polar surface area (TPSA) is 29.1 Å². The molecule has 0 fully saturated rings. The first kappa shape index (κ1) is 12.1. The Morgan fingerprint density at radius 3 is 2.93 bits per heavy atom. The predicted molar refractivity (Wildman–Crippen MR) is 58.7 cm³/mol. The van der Waals surface area contributed by atoms with Gasteiger partial charge in [0.05, 0.1) is 6.54 Å². The third-order valence-corrected chi connectivity index (χ3v) is 2.19. The van der Waals surface area contributed by atoms with Crippen molar-refractivity contribution in [3.63, 3.8) is 0 Å². The Morgan fingerprint density at radius 1 is 1.53 bits per heavy atom. The van der Waals surface area contributed by atoms with E-state index in [9.17, 15) is 9.18 Å². The average molecular weight is 230 g/mol. The first-order chi connectivity index (χ1) is 7.09. The van der Waals surface area contributed by atoms with Gasteiger partial charge in [0.1, 0.15) is 11.6 Å². The van der Waals surface area contributed by atoms with Crippen molar-refractivity contribution in [3.05, 3.63) is 34.6 Å². The number of hydrogen-bond acceptors (Lipinski definition) is 2. The van der Waals surface area contributed by atoms with Crippen molar-refractivity contribution in [3.8, 4) is 0 Å². The van der Waals surface area contributed by atoms with Crippen LogP contribution in [-0.2, 0) is 11.2 Å². The molecule has 82 valence electrons. The summed E-state index contributed by atoms with van der Waals surface area (Å²) in [6.45, 7) is 2.39. The number of rotatable bonds is 5. The highest BCUT2D eigenvalue weighted by atomic mass is 35.5. The second-order valence-corrected chi connectivity index (χ2v) is 3.80. The molecule has 1 rings (SSSR count). The zero-order valence-electron chi connectivity index (χ0n) is 8.52. The molecular weight excluding hydrogens is 217 g/mol. The van der Waals surface area contributed by atoms with Gasteiger partial charge in [-0.2, -0.15) is 0 Å². The fourth-order valence-corrected chi connectivity index (χ4v) is 1.42. The van der Waals surface area contributed by atoms with Gasteiger partial charge in [0.2, 0.25) is 0 Å². The molecule has 0 atom stereocenters. The molecule has 0 unspecified atom stereocenters. The van der Waals surface area contributed by atoms with Crippen LogP contribution >= 0.6 is 11.6 Å². The molecule has 0 aliphatic rings. The van der Waals surface area contributed by atoms with Crippen LogP contribution in [0.1, 0.15) is 12.5 Å². The van der Waals surface area contributed by atoms with Crippen molar-refractivity contribution < 1.29 is 9.18 Å². The Kier molecular flexibility index (Phi) is 4.72. The summed E-state index contributed by atoms with van der Waals surface area (Å²) in [5, 5.41) is 3.45. The van der Waals surface area contributed by atoms with E-state index in [-0.39, 0.29) is 11.6 Å². The molecule has 0 saturated carbocycles. The van der Waals surface area contributed by atoms with E-state index in [0.717, 1.165) is 0 Å². The van der Waals surface area contributed by atoms with Crippen molar-refractivity contribution >= 4 is 17.4 Å². The summed E-state index contributed by atoms with van der Waals surface area (Å²) >= 11 is 5.74. The Bertz CT molecular complexity index is 354. The van der Waals surface area contributed by atoms with Crippen molar-refractivity contribution in [1.29, 1.82) is 0 Å². The van der Waals surface area contributed by atoms with Gasteiger partial charge in [-0.25, -0.2) is 4.39 Å². The average Bonchev–Trinajstić information content (AvgIpc) is 2.17. The summed E-state index contributed by atoms with van der Waals surface area (Å²) in [5.41, 5.74) is 0.568. The number of nitrogens with one attached hydrogen (secondary N) is 1. The number of halogens is 2. The first-order valence-corrected chi connectivity index (χ1v) is 5.11. The van der Waals surface area contributed by atoms with Crippen LogP contribution in [0.2, 0.25) is 5.02 Å². The predicted octanol–water partition coefficient (Wildman–Crippen LogP) is 2.20. The lowest BCUT2D eigenvalue weighted by molar-refractivity contribution is -0.116. The van der Waals surface area contributed by atoms with Gasteiger partial charge >= 0.3 is 0 Å². The lowest BCUT2D eigenvalue weighted by Crippen LogP contribution is -2.23. The normalized spacial score (nSPS) is 10.3. The minimum Gasteiger partial charge on any atom is -0.310 e. The Balaban J connectivity index is 2.43. The maximum Gasteiger partial charge on any atom is 0.143 e. The number of carbonyl (C=O) groups is 1. The molecule has 0 heterocycles. The molecule has 0 amide bonds. The summed E-state index contributed by atoms with van der Waals surface area (Å²) in [6.07, 6.45) is 0.527. The van der Waals surface area contributed by atoms with E-state index in [0.29, 0.717) is 30.1 Å². The van der Waals surface area contributed by atoms with E-state index in [4.69, 9.17) is 11.6 Å². The van der Waals surface area contributed by atoms with Gasteiger partial charge in [0.25, 0.3) is 0 Å². The van der Waals surface area contributed by atoms with Gasteiger partial charge in [-0.1, -0.05) is 11.6 Å². The zero-order chi connectivity index (χ0) is 11.3. The fraction of sp³-hybridized carbons (Fsp3) is 0.364. The summed E-state index contributed by atoms with van der Waals surface area (Å²) in [7, 11) is 0. The van der Waals surface area contributed by atoms with Crippen molar-refractivity contribution in [2.75, 3.05) is 13.1 Å². The lowest BCUT2D eigenvalue weighted by atomic mass is 10.1. The summed E-state index contributed by atoms with van der Waals surface area (Å²) in [6, 6.07) is 4.47. The molecular formula is C11H13ClFNO. The van der Waals surface area contributed by atoms with Crippen molar-refractivity contribution in [2.45, 2.75) is 13.3 Å². The second kappa shape index (κ2) is 5.83. The molecule has 0 spiro atoms. The fourth-order valence-electron chi connectivity index (χ4n) is 1.22. The van der Waals surface area contributed by atoms with E-state index in [1.165, 1.54) is 19.1 Å². The van der Waals surface area contributed by atoms with E-state index >= 15 is 0 Å². The highest BCUT2D eigenvalue weighted by Crippen LogP contribution is 2.14. The van der Waals surface area contributed by atoms with Crippen LogP contribution in [0.4, 0.5) is 4.39 Å². The molecule has 2 nitrogen and oxygen atoms in total. The standard InChI is InChI=1S/C11H13ClFNO/c1-8(15)7-14-5-4-9-6-10(12)2-3-11(9)13/h2-3,6,14H,4-5,7H2,1H3. The van der Waals surface area contributed by atoms with Crippen LogP contribution < -0.4 is 5.32 Å². The SMILES string of the molecule is CC(=O)CNCCc1cc(Cl)ccc1F. The molecule has 0 aromatic heterocycles. The minimum absolute atomic E-state index is 0.0709. The minimum atomic E-state index is -0.260. The maximum atomic E-state index is 13.2. The van der Waals surface area contributed by atoms with Gasteiger partial charge < -0.3 is 5.32 Å². The van der Waals surface area contributed by atoms with Gasteiger partial charge in [-0.15, -0.1) is 0 Å². The van der Waals surface area contributed by atoms with Crippen LogP contribution in [0.3, 0.4) is 0 Å². The number of carbonyl (C=O) groups excluding carboxylic acids is 1. The first-order valence-electron chi connectivity index (χ1n) is 4.73. The summed E-state index contributed by atoms with van der Waals surface area (Å²) in [5.74, 6) is -0.189. The molecule has 1 N–H and O–H groups in total. The van der Waals surface area contributed by atoms with Crippen LogP contribution in [0, 0.1) is 5.82 Å². The van der Waals surface area contributed by atoms with E-state index in [2.05, 4.69) is 5.32 Å². The van der Waals surface area contributed by atoms with E-state index in [1.807, 2.05) is 0 Å².